The SMILES string of the molecule is CN(C)Cc1cnc2ccnn2c1CC1CCN(C(=O)c2ccc(=O)n(C)c2)CC1. The summed E-state index contributed by atoms with van der Waals surface area (Å²) in [6.07, 6.45) is 8.19. The van der Waals surface area contributed by atoms with Gasteiger partial charge in [0.2, 0.25) is 5.56 Å². The maximum atomic E-state index is 12.8. The Balaban J connectivity index is 1.46. The zero-order chi connectivity index (χ0) is 21.3. The standard InChI is InChI=1S/C22H28N6O2/c1-25(2)14-18-13-23-20-6-9-24-28(20)19(18)12-16-7-10-27(11-8-16)22(30)17-4-5-21(29)26(3)15-17/h4-6,9,13,15-16H,7-8,10-12,14H2,1-3H3. The highest BCUT2D eigenvalue weighted by Crippen LogP contribution is 2.25. The molecule has 3 aromatic rings. The molecular weight excluding hydrogens is 380 g/mol. The van der Waals surface area contributed by atoms with Gasteiger partial charge in [0, 0.05) is 56.8 Å². The molecule has 0 N–H and O–H groups in total. The van der Waals surface area contributed by atoms with E-state index in [9.17, 15) is 9.59 Å². The van der Waals surface area contributed by atoms with Crippen LogP contribution in [0.15, 0.2) is 41.6 Å². The lowest BCUT2D eigenvalue weighted by molar-refractivity contribution is 0.0689. The van der Waals surface area contributed by atoms with Gasteiger partial charge in [-0.05, 0) is 45.3 Å². The van der Waals surface area contributed by atoms with Gasteiger partial charge >= 0.3 is 0 Å². The average Bonchev–Trinajstić information content (AvgIpc) is 3.20. The van der Waals surface area contributed by atoms with Crippen molar-refractivity contribution in [3.8, 4) is 0 Å². The fourth-order valence-corrected chi connectivity index (χ4v) is 4.16. The number of hydrogen-bond donors (Lipinski definition) is 0. The second kappa shape index (κ2) is 8.39. The van der Waals surface area contributed by atoms with E-state index in [1.54, 1.807) is 25.5 Å². The molecule has 1 saturated heterocycles. The predicted molar refractivity (Wildman–Crippen MR) is 114 cm³/mol. The average molecular weight is 409 g/mol. The minimum absolute atomic E-state index is 0.00396. The van der Waals surface area contributed by atoms with Gasteiger partial charge in [-0.3, -0.25) is 9.59 Å². The minimum Gasteiger partial charge on any atom is -0.339 e. The Bertz CT molecular complexity index is 1110. The van der Waals surface area contributed by atoms with E-state index in [1.807, 2.05) is 21.7 Å². The number of carbonyl (C=O) groups excluding carboxylic acids is 1. The zero-order valence-corrected chi connectivity index (χ0v) is 17.8. The number of carbonyl (C=O) groups is 1. The minimum atomic E-state index is -0.110. The van der Waals surface area contributed by atoms with E-state index in [1.165, 1.54) is 21.9 Å². The fraction of sp³-hybridized carbons (Fsp3) is 0.455. The van der Waals surface area contributed by atoms with Crippen molar-refractivity contribution in [3.63, 3.8) is 0 Å². The molecule has 30 heavy (non-hydrogen) atoms. The first-order valence-electron chi connectivity index (χ1n) is 10.3. The molecule has 0 aromatic carbocycles. The maximum absolute atomic E-state index is 12.8. The van der Waals surface area contributed by atoms with Gasteiger partial charge in [-0.15, -0.1) is 0 Å². The third kappa shape index (κ3) is 4.14. The third-order valence-electron chi connectivity index (χ3n) is 5.80. The van der Waals surface area contributed by atoms with Crippen LogP contribution >= 0.6 is 0 Å². The first kappa shape index (κ1) is 20.3. The van der Waals surface area contributed by atoms with Crippen molar-refractivity contribution in [2.75, 3.05) is 27.2 Å². The molecule has 8 nitrogen and oxygen atoms in total. The summed E-state index contributed by atoms with van der Waals surface area (Å²) >= 11 is 0. The van der Waals surface area contributed by atoms with Crippen molar-refractivity contribution in [2.24, 2.45) is 13.0 Å². The normalized spacial score (nSPS) is 15.3. The second-order valence-electron chi connectivity index (χ2n) is 8.38. The van der Waals surface area contributed by atoms with Gasteiger partial charge in [0.05, 0.1) is 17.5 Å². The van der Waals surface area contributed by atoms with E-state index in [0.717, 1.165) is 44.5 Å². The molecule has 8 heteroatoms. The number of likely N-dealkylation sites (tertiary alicyclic amines) is 1. The van der Waals surface area contributed by atoms with Crippen molar-refractivity contribution in [3.05, 3.63) is 64.0 Å². The maximum Gasteiger partial charge on any atom is 0.255 e. The fourth-order valence-electron chi connectivity index (χ4n) is 4.16. The lowest BCUT2D eigenvalue weighted by Gasteiger charge is -2.32. The molecule has 0 unspecified atom stereocenters. The number of rotatable bonds is 5. The first-order valence-corrected chi connectivity index (χ1v) is 10.3. The summed E-state index contributed by atoms with van der Waals surface area (Å²) < 4.78 is 3.41. The van der Waals surface area contributed by atoms with Crippen molar-refractivity contribution < 1.29 is 4.79 Å². The van der Waals surface area contributed by atoms with Crippen LogP contribution in [0.2, 0.25) is 0 Å². The number of pyridine rings is 1. The van der Waals surface area contributed by atoms with Crippen LogP contribution < -0.4 is 5.56 Å². The molecule has 1 amide bonds. The van der Waals surface area contributed by atoms with Crippen molar-refractivity contribution in [2.45, 2.75) is 25.8 Å². The summed E-state index contributed by atoms with van der Waals surface area (Å²) in [7, 11) is 5.78. The van der Waals surface area contributed by atoms with Gasteiger partial charge in [0.1, 0.15) is 0 Å². The number of fused-ring (bicyclic) bond motifs is 1. The van der Waals surface area contributed by atoms with E-state index < -0.39 is 0 Å². The molecule has 0 spiro atoms. The van der Waals surface area contributed by atoms with Gasteiger partial charge in [0.25, 0.3) is 5.91 Å². The highest BCUT2D eigenvalue weighted by Gasteiger charge is 2.25. The monoisotopic (exact) mass is 408 g/mol. The molecule has 0 bridgehead atoms. The lowest BCUT2D eigenvalue weighted by atomic mass is 9.90. The Labute approximate surface area is 175 Å². The largest absolute Gasteiger partial charge is 0.339 e. The Morgan fingerprint density at radius 1 is 1.20 bits per heavy atom. The molecule has 1 aliphatic heterocycles. The molecule has 0 radical (unpaired) electrons. The summed E-state index contributed by atoms with van der Waals surface area (Å²) in [6.45, 7) is 2.27. The molecule has 0 aliphatic carbocycles. The van der Waals surface area contributed by atoms with E-state index in [2.05, 4.69) is 29.1 Å². The molecule has 4 rings (SSSR count). The third-order valence-corrected chi connectivity index (χ3v) is 5.80. The molecule has 0 saturated carbocycles. The second-order valence-corrected chi connectivity index (χ2v) is 8.38. The quantitative estimate of drug-likeness (QED) is 0.641. The summed E-state index contributed by atoms with van der Waals surface area (Å²) in [5.41, 5.74) is 3.73. The van der Waals surface area contributed by atoms with Gasteiger partial charge in [0.15, 0.2) is 5.65 Å². The topological polar surface area (TPSA) is 75.7 Å². The summed E-state index contributed by atoms with van der Waals surface area (Å²) in [5, 5.41) is 4.49. The number of piperidine rings is 1. The van der Waals surface area contributed by atoms with Gasteiger partial charge in [-0.25, -0.2) is 9.50 Å². The van der Waals surface area contributed by atoms with Crippen LogP contribution in [0.1, 0.15) is 34.5 Å². The number of hydrogen-bond acceptors (Lipinski definition) is 5. The van der Waals surface area contributed by atoms with Gasteiger partial charge in [-0.2, -0.15) is 5.10 Å². The van der Waals surface area contributed by atoms with Crippen LogP contribution in [0, 0.1) is 5.92 Å². The lowest BCUT2D eigenvalue weighted by Crippen LogP contribution is -2.39. The Morgan fingerprint density at radius 2 is 1.97 bits per heavy atom. The van der Waals surface area contributed by atoms with E-state index in [0.29, 0.717) is 11.5 Å². The molecule has 0 atom stereocenters. The zero-order valence-electron chi connectivity index (χ0n) is 17.8. The predicted octanol–water partition coefficient (Wildman–Crippen LogP) is 1.58. The first-order chi connectivity index (χ1) is 14.4. The molecule has 4 heterocycles. The summed E-state index contributed by atoms with van der Waals surface area (Å²) in [4.78, 5) is 33.0. The Morgan fingerprint density at radius 3 is 2.67 bits per heavy atom. The Kier molecular flexibility index (Phi) is 5.67. The van der Waals surface area contributed by atoms with E-state index in [-0.39, 0.29) is 11.5 Å². The Hall–Kier alpha value is -3.00. The summed E-state index contributed by atoms with van der Waals surface area (Å²) in [5.74, 6) is 0.487. The molecule has 1 fully saturated rings. The van der Waals surface area contributed by atoms with Crippen LogP contribution in [0.5, 0.6) is 0 Å². The highest BCUT2D eigenvalue weighted by atomic mass is 16.2. The van der Waals surface area contributed by atoms with Crippen LogP contribution in [0.4, 0.5) is 0 Å². The highest BCUT2D eigenvalue weighted by molar-refractivity contribution is 5.93. The van der Waals surface area contributed by atoms with Crippen LogP contribution in [-0.2, 0) is 20.0 Å². The molecule has 3 aromatic heterocycles. The van der Waals surface area contributed by atoms with Crippen molar-refractivity contribution in [1.82, 2.24) is 29.0 Å². The van der Waals surface area contributed by atoms with Crippen LogP contribution in [-0.4, -0.2) is 62.1 Å². The summed E-state index contributed by atoms with van der Waals surface area (Å²) in [6, 6.07) is 5.00. The number of aromatic nitrogens is 4. The van der Waals surface area contributed by atoms with Crippen molar-refractivity contribution >= 4 is 11.6 Å². The van der Waals surface area contributed by atoms with Crippen LogP contribution in [0.3, 0.4) is 0 Å². The smallest absolute Gasteiger partial charge is 0.255 e. The van der Waals surface area contributed by atoms with Crippen LogP contribution in [0.25, 0.3) is 5.65 Å². The van der Waals surface area contributed by atoms with E-state index >= 15 is 0 Å². The number of amides is 1. The number of nitrogens with zero attached hydrogens (tertiary/aromatic N) is 6. The molecular formula is C22H28N6O2. The number of aryl methyl sites for hydroxylation is 1. The molecule has 158 valence electrons. The van der Waals surface area contributed by atoms with Gasteiger partial charge < -0.3 is 14.4 Å². The van der Waals surface area contributed by atoms with Gasteiger partial charge in [-0.1, -0.05) is 0 Å². The van der Waals surface area contributed by atoms with Crippen molar-refractivity contribution in [1.29, 1.82) is 0 Å². The molecule has 1 aliphatic rings. The van der Waals surface area contributed by atoms with E-state index in [4.69, 9.17) is 0 Å².